The van der Waals surface area contributed by atoms with E-state index < -0.39 is 0 Å². The zero-order valence-electron chi connectivity index (χ0n) is 10.6. The molecule has 1 heterocycles. The molecule has 1 aliphatic rings. The average Bonchev–Trinajstić information content (AvgIpc) is 2.31. The molecule has 0 aromatic heterocycles. The molecule has 1 saturated heterocycles. The fourth-order valence-corrected chi connectivity index (χ4v) is 2.08. The van der Waals surface area contributed by atoms with Crippen molar-refractivity contribution in [3.63, 3.8) is 0 Å². The van der Waals surface area contributed by atoms with Crippen LogP contribution >= 0.6 is 0 Å². The lowest BCUT2D eigenvalue weighted by atomic mass is 9.99. The Morgan fingerprint density at radius 2 is 1.94 bits per heavy atom. The molecule has 0 aromatic rings. The maximum Gasteiger partial charge on any atom is 0.0230 e. The summed E-state index contributed by atoms with van der Waals surface area (Å²) in [6.45, 7) is 13.6. The summed E-state index contributed by atoms with van der Waals surface area (Å²) in [5.41, 5.74) is 1.37. The number of nitrogens with zero attached hydrogens (tertiary/aromatic N) is 1. The molecule has 0 amide bonds. The smallest absolute Gasteiger partial charge is 0.0230 e. The van der Waals surface area contributed by atoms with Crippen LogP contribution in [0.4, 0.5) is 0 Å². The maximum absolute atomic E-state index is 3.90. The van der Waals surface area contributed by atoms with Gasteiger partial charge in [0.2, 0.25) is 0 Å². The van der Waals surface area contributed by atoms with E-state index in [1.165, 1.54) is 31.5 Å². The molecule has 0 aromatic carbocycles. The number of hydrogen-bond donors (Lipinski definition) is 0. The summed E-state index contributed by atoms with van der Waals surface area (Å²) in [5.74, 6) is 0.910. The summed E-state index contributed by atoms with van der Waals surface area (Å²) < 4.78 is 0. The van der Waals surface area contributed by atoms with E-state index in [-0.39, 0.29) is 0 Å². The van der Waals surface area contributed by atoms with E-state index in [1.54, 1.807) is 0 Å². The van der Waals surface area contributed by atoms with Crippen LogP contribution in [0.15, 0.2) is 37.0 Å². The van der Waals surface area contributed by atoms with Gasteiger partial charge in [0, 0.05) is 6.54 Å². The van der Waals surface area contributed by atoms with Crippen LogP contribution in [-0.4, -0.2) is 24.5 Å². The molecule has 1 nitrogen and oxygen atoms in total. The Morgan fingerprint density at radius 3 is 2.50 bits per heavy atom. The molecule has 16 heavy (non-hydrogen) atoms. The third-order valence-electron chi connectivity index (χ3n) is 3.32. The molecule has 0 radical (unpaired) electrons. The number of rotatable bonds is 6. The number of hydrogen-bond acceptors (Lipinski definition) is 1. The Hall–Kier alpha value is -0.820. The van der Waals surface area contributed by atoms with Gasteiger partial charge in [-0.15, -0.1) is 6.58 Å². The van der Waals surface area contributed by atoms with Crippen LogP contribution in [0.5, 0.6) is 0 Å². The Kier molecular flexibility index (Phi) is 6.17. The molecular formula is C15H25N. The van der Waals surface area contributed by atoms with Gasteiger partial charge in [-0.1, -0.05) is 31.7 Å². The van der Waals surface area contributed by atoms with Crippen molar-refractivity contribution in [1.29, 1.82) is 0 Å². The van der Waals surface area contributed by atoms with Crippen molar-refractivity contribution in [3.05, 3.63) is 37.0 Å². The summed E-state index contributed by atoms with van der Waals surface area (Å²) in [6.07, 6.45) is 11.1. The maximum atomic E-state index is 3.90. The first-order valence-electron chi connectivity index (χ1n) is 6.41. The third-order valence-corrected chi connectivity index (χ3v) is 3.32. The fourth-order valence-electron chi connectivity index (χ4n) is 2.08. The fraction of sp³-hybridized carbons (Fsp3) is 0.600. The SMILES string of the molecule is C=CCC/C=C(\C=C)CN1CCC(C)CC1. The Balaban J connectivity index is 2.34. The highest BCUT2D eigenvalue weighted by molar-refractivity contribution is 5.18. The molecular weight excluding hydrogens is 194 g/mol. The van der Waals surface area contributed by atoms with Gasteiger partial charge in [0.1, 0.15) is 0 Å². The number of likely N-dealkylation sites (tertiary alicyclic amines) is 1. The highest BCUT2D eigenvalue weighted by Crippen LogP contribution is 2.17. The lowest BCUT2D eigenvalue weighted by Gasteiger charge is -2.30. The van der Waals surface area contributed by atoms with Gasteiger partial charge in [-0.3, -0.25) is 4.90 Å². The Morgan fingerprint density at radius 1 is 1.25 bits per heavy atom. The van der Waals surface area contributed by atoms with Gasteiger partial charge in [0.15, 0.2) is 0 Å². The topological polar surface area (TPSA) is 3.24 Å². The molecule has 0 atom stereocenters. The summed E-state index contributed by atoms with van der Waals surface area (Å²) in [5, 5.41) is 0. The van der Waals surface area contributed by atoms with E-state index in [4.69, 9.17) is 0 Å². The van der Waals surface area contributed by atoms with Crippen molar-refractivity contribution in [1.82, 2.24) is 4.90 Å². The van der Waals surface area contributed by atoms with Crippen molar-refractivity contribution in [2.75, 3.05) is 19.6 Å². The zero-order valence-corrected chi connectivity index (χ0v) is 10.6. The standard InChI is InChI=1S/C15H25N/c1-4-6-7-8-15(5-2)13-16-11-9-14(3)10-12-16/h4-5,8,14H,1-2,6-7,9-13H2,3H3/b15-8+. The van der Waals surface area contributed by atoms with E-state index in [2.05, 4.69) is 31.1 Å². The van der Waals surface area contributed by atoms with Crippen molar-refractivity contribution >= 4 is 0 Å². The minimum atomic E-state index is 0.910. The van der Waals surface area contributed by atoms with Crippen LogP contribution in [0.1, 0.15) is 32.6 Å². The molecule has 0 bridgehead atoms. The van der Waals surface area contributed by atoms with Crippen molar-refractivity contribution in [2.24, 2.45) is 5.92 Å². The lowest BCUT2D eigenvalue weighted by molar-refractivity contribution is 0.207. The summed E-state index contributed by atoms with van der Waals surface area (Å²) >= 11 is 0. The highest BCUT2D eigenvalue weighted by atomic mass is 15.1. The first-order chi connectivity index (χ1) is 7.76. The molecule has 0 saturated carbocycles. The van der Waals surface area contributed by atoms with Crippen LogP contribution in [0.25, 0.3) is 0 Å². The molecule has 1 fully saturated rings. The third kappa shape index (κ3) is 4.80. The van der Waals surface area contributed by atoms with Crippen LogP contribution < -0.4 is 0 Å². The minimum absolute atomic E-state index is 0.910. The highest BCUT2D eigenvalue weighted by Gasteiger charge is 2.15. The molecule has 90 valence electrons. The Bertz CT molecular complexity index is 244. The molecule has 0 N–H and O–H groups in total. The van der Waals surface area contributed by atoms with Gasteiger partial charge in [-0.25, -0.2) is 0 Å². The quantitative estimate of drug-likeness (QED) is 0.373. The van der Waals surface area contributed by atoms with Crippen molar-refractivity contribution < 1.29 is 0 Å². The van der Waals surface area contributed by atoms with Crippen LogP contribution in [0.3, 0.4) is 0 Å². The Labute approximate surface area is 101 Å². The van der Waals surface area contributed by atoms with Crippen molar-refractivity contribution in [2.45, 2.75) is 32.6 Å². The van der Waals surface area contributed by atoms with E-state index in [9.17, 15) is 0 Å². The summed E-state index contributed by atoms with van der Waals surface area (Å²) in [4.78, 5) is 2.54. The zero-order chi connectivity index (χ0) is 11.8. The molecule has 0 unspecified atom stereocenters. The van der Waals surface area contributed by atoms with Gasteiger partial charge in [-0.2, -0.15) is 0 Å². The number of unbranched alkanes of at least 4 members (excludes halogenated alkanes) is 1. The molecule has 1 heteroatoms. The predicted molar refractivity (Wildman–Crippen MR) is 72.5 cm³/mol. The van der Waals surface area contributed by atoms with Crippen LogP contribution in [0.2, 0.25) is 0 Å². The largest absolute Gasteiger partial charge is 0.299 e. The lowest BCUT2D eigenvalue weighted by Crippen LogP contribution is -2.34. The van der Waals surface area contributed by atoms with E-state index in [1.807, 2.05) is 12.2 Å². The second-order valence-corrected chi connectivity index (χ2v) is 4.81. The second kappa shape index (κ2) is 7.45. The molecule has 0 aliphatic carbocycles. The summed E-state index contributed by atoms with van der Waals surface area (Å²) in [7, 11) is 0. The second-order valence-electron chi connectivity index (χ2n) is 4.81. The van der Waals surface area contributed by atoms with E-state index >= 15 is 0 Å². The minimum Gasteiger partial charge on any atom is -0.299 e. The molecule has 1 rings (SSSR count). The van der Waals surface area contributed by atoms with Crippen molar-refractivity contribution in [3.8, 4) is 0 Å². The normalized spacial score (nSPS) is 19.7. The first kappa shape index (κ1) is 13.2. The number of piperidine rings is 1. The van der Waals surface area contributed by atoms with Crippen LogP contribution in [0, 0.1) is 5.92 Å². The van der Waals surface area contributed by atoms with Gasteiger partial charge in [0.05, 0.1) is 0 Å². The molecule has 0 spiro atoms. The van der Waals surface area contributed by atoms with Crippen LogP contribution in [-0.2, 0) is 0 Å². The van der Waals surface area contributed by atoms with E-state index in [0.29, 0.717) is 0 Å². The summed E-state index contributed by atoms with van der Waals surface area (Å²) in [6, 6.07) is 0. The average molecular weight is 219 g/mol. The number of allylic oxidation sites excluding steroid dienone is 2. The van der Waals surface area contributed by atoms with E-state index in [0.717, 1.165) is 25.3 Å². The van der Waals surface area contributed by atoms with Gasteiger partial charge >= 0.3 is 0 Å². The molecule has 1 aliphatic heterocycles. The van der Waals surface area contributed by atoms with Gasteiger partial charge < -0.3 is 0 Å². The van der Waals surface area contributed by atoms with Gasteiger partial charge in [-0.05, 0) is 50.3 Å². The monoisotopic (exact) mass is 219 g/mol. The first-order valence-corrected chi connectivity index (χ1v) is 6.41. The van der Waals surface area contributed by atoms with Gasteiger partial charge in [0.25, 0.3) is 0 Å². The predicted octanol–water partition coefficient (Wildman–Crippen LogP) is 3.80.